The molecule has 1 aliphatic carbocycles. The summed E-state index contributed by atoms with van der Waals surface area (Å²) in [6, 6.07) is 11.9. The number of nitrogens with one attached hydrogen (secondary N) is 1. The minimum atomic E-state index is -0.203. The smallest absolute Gasteiger partial charge is 0.254 e. The third-order valence-corrected chi connectivity index (χ3v) is 7.39. The number of piperidine rings is 1. The van der Waals surface area contributed by atoms with Gasteiger partial charge in [0.25, 0.3) is 5.91 Å². The van der Waals surface area contributed by atoms with Gasteiger partial charge in [-0.25, -0.2) is 9.97 Å². The van der Waals surface area contributed by atoms with Crippen LogP contribution >= 0.6 is 0 Å². The molecule has 8 heteroatoms. The van der Waals surface area contributed by atoms with Crippen LogP contribution in [0.1, 0.15) is 36.0 Å². The van der Waals surface area contributed by atoms with Crippen molar-refractivity contribution in [2.75, 3.05) is 13.1 Å². The van der Waals surface area contributed by atoms with E-state index in [-0.39, 0.29) is 17.9 Å². The maximum atomic E-state index is 13.4. The van der Waals surface area contributed by atoms with Crippen LogP contribution in [-0.4, -0.2) is 54.9 Å². The standard InChI is InChI=1S/C28H30N6O2/c1-3-25(35)30-21-7-5-13-33(17-21)28(36)20-10-11-23-22(14-20)31-27(32(23)2)24-15-19-6-4-12-29-26(19)34(24)16-18-8-9-18/h3-4,6,10-12,14-15,18,21H,1,5,7-9,13,16-17H2,2H3,(H,30,35)/t21-/m1/s1. The summed E-state index contributed by atoms with van der Waals surface area (Å²) >= 11 is 0. The Morgan fingerprint density at radius 2 is 2.06 bits per heavy atom. The molecule has 184 valence electrons. The number of amides is 2. The zero-order valence-electron chi connectivity index (χ0n) is 20.5. The van der Waals surface area contributed by atoms with Gasteiger partial charge in [0.15, 0.2) is 5.82 Å². The second-order valence-corrected chi connectivity index (χ2v) is 10.0. The van der Waals surface area contributed by atoms with E-state index in [4.69, 9.17) is 4.98 Å². The van der Waals surface area contributed by atoms with Crippen LogP contribution in [0.2, 0.25) is 0 Å². The lowest BCUT2D eigenvalue weighted by molar-refractivity contribution is -0.117. The van der Waals surface area contributed by atoms with E-state index < -0.39 is 0 Å². The first-order valence-corrected chi connectivity index (χ1v) is 12.6. The summed E-state index contributed by atoms with van der Waals surface area (Å²) in [4.78, 5) is 36.5. The fourth-order valence-corrected chi connectivity index (χ4v) is 5.30. The van der Waals surface area contributed by atoms with E-state index in [2.05, 4.69) is 38.1 Å². The van der Waals surface area contributed by atoms with Crippen LogP contribution in [0, 0.1) is 5.92 Å². The number of fused-ring (bicyclic) bond motifs is 2. The number of carbonyl (C=O) groups is 2. The first-order valence-electron chi connectivity index (χ1n) is 12.6. The van der Waals surface area contributed by atoms with Crippen LogP contribution in [0.25, 0.3) is 33.6 Å². The number of nitrogens with zero attached hydrogens (tertiary/aromatic N) is 5. The Bertz CT molecular complexity index is 1490. The van der Waals surface area contributed by atoms with Gasteiger partial charge in [-0.1, -0.05) is 6.58 Å². The first kappa shape index (κ1) is 22.5. The number of likely N-dealkylation sites (tertiary alicyclic amines) is 1. The molecule has 3 aromatic heterocycles. The lowest BCUT2D eigenvalue weighted by atomic mass is 10.0. The lowest BCUT2D eigenvalue weighted by Crippen LogP contribution is -2.49. The van der Waals surface area contributed by atoms with Crippen molar-refractivity contribution in [2.24, 2.45) is 13.0 Å². The molecule has 4 aromatic rings. The van der Waals surface area contributed by atoms with E-state index in [1.54, 1.807) is 0 Å². The van der Waals surface area contributed by atoms with Crippen molar-refractivity contribution in [3.8, 4) is 11.5 Å². The molecular weight excluding hydrogens is 452 g/mol. The molecule has 1 saturated carbocycles. The minimum absolute atomic E-state index is 0.0336. The third-order valence-electron chi connectivity index (χ3n) is 7.39. The molecule has 0 unspecified atom stereocenters. The summed E-state index contributed by atoms with van der Waals surface area (Å²) in [5.41, 5.74) is 4.43. The van der Waals surface area contributed by atoms with Crippen LogP contribution in [0.3, 0.4) is 0 Å². The Labute approximate surface area is 209 Å². The van der Waals surface area contributed by atoms with Gasteiger partial charge in [0.2, 0.25) is 5.91 Å². The predicted molar refractivity (Wildman–Crippen MR) is 139 cm³/mol. The normalized spacial score (nSPS) is 18.0. The van der Waals surface area contributed by atoms with Crippen LogP contribution < -0.4 is 5.32 Å². The molecule has 2 fully saturated rings. The predicted octanol–water partition coefficient (Wildman–Crippen LogP) is 3.91. The van der Waals surface area contributed by atoms with Crippen LogP contribution in [0.15, 0.2) is 55.3 Å². The van der Waals surface area contributed by atoms with Crippen LogP contribution in [0.4, 0.5) is 0 Å². The highest BCUT2D eigenvalue weighted by Gasteiger charge is 2.27. The highest BCUT2D eigenvalue weighted by molar-refractivity contribution is 5.98. The van der Waals surface area contributed by atoms with Gasteiger partial charge in [0, 0.05) is 49.9 Å². The van der Waals surface area contributed by atoms with Gasteiger partial charge in [0.05, 0.1) is 16.7 Å². The Hall–Kier alpha value is -3.94. The summed E-state index contributed by atoms with van der Waals surface area (Å²) in [7, 11) is 2.02. The van der Waals surface area contributed by atoms with E-state index in [9.17, 15) is 9.59 Å². The molecule has 2 amide bonds. The number of aryl methyl sites for hydroxylation is 1. The molecule has 1 N–H and O–H groups in total. The minimum Gasteiger partial charge on any atom is -0.348 e. The number of carbonyl (C=O) groups excluding carboxylic acids is 2. The molecular formula is C28H30N6O2. The van der Waals surface area contributed by atoms with Crippen molar-refractivity contribution in [3.05, 3.63) is 60.8 Å². The van der Waals surface area contributed by atoms with Gasteiger partial charge in [-0.05, 0) is 74.1 Å². The van der Waals surface area contributed by atoms with E-state index >= 15 is 0 Å². The lowest BCUT2D eigenvalue weighted by Gasteiger charge is -2.33. The van der Waals surface area contributed by atoms with Crippen molar-refractivity contribution in [2.45, 2.75) is 38.3 Å². The number of hydrogen-bond acceptors (Lipinski definition) is 4. The van der Waals surface area contributed by atoms with Gasteiger partial charge in [0.1, 0.15) is 5.65 Å². The molecule has 1 atom stereocenters. The van der Waals surface area contributed by atoms with Crippen molar-refractivity contribution in [3.63, 3.8) is 0 Å². The topological polar surface area (TPSA) is 85.1 Å². The number of rotatable bonds is 6. The van der Waals surface area contributed by atoms with E-state index in [1.165, 1.54) is 18.9 Å². The number of imidazole rings is 1. The maximum Gasteiger partial charge on any atom is 0.254 e. The van der Waals surface area contributed by atoms with Crippen molar-refractivity contribution >= 4 is 33.9 Å². The molecule has 1 aliphatic heterocycles. The monoisotopic (exact) mass is 482 g/mol. The molecule has 0 radical (unpaired) electrons. The van der Waals surface area contributed by atoms with Crippen molar-refractivity contribution < 1.29 is 9.59 Å². The summed E-state index contributed by atoms with van der Waals surface area (Å²) < 4.78 is 4.40. The second-order valence-electron chi connectivity index (χ2n) is 10.0. The molecule has 4 heterocycles. The SMILES string of the molecule is C=CC(=O)N[C@@H]1CCCN(C(=O)c2ccc3c(c2)nc(-c2cc4cccnc4n2CC2CC2)n3C)C1. The van der Waals surface area contributed by atoms with Gasteiger partial charge in [-0.3, -0.25) is 9.59 Å². The molecule has 0 bridgehead atoms. The Morgan fingerprint density at radius 1 is 1.19 bits per heavy atom. The highest BCUT2D eigenvalue weighted by atomic mass is 16.2. The van der Waals surface area contributed by atoms with Gasteiger partial charge < -0.3 is 19.4 Å². The van der Waals surface area contributed by atoms with Crippen molar-refractivity contribution in [1.82, 2.24) is 29.3 Å². The fourth-order valence-electron chi connectivity index (χ4n) is 5.30. The fraction of sp³-hybridized carbons (Fsp3) is 0.357. The number of benzene rings is 1. The van der Waals surface area contributed by atoms with Gasteiger partial charge in [-0.15, -0.1) is 0 Å². The Morgan fingerprint density at radius 3 is 2.86 bits per heavy atom. The average Bonchev–Trinajstić information content (AvgIpc) is 3.57. The molecule has 6 rings (SSSR count). The van der Waals surface area contributed by atoms with Crippen LogP contribution in [-0.2, 0) is 18.4 Å². The summed E-state index contributed by atoms with van der Waals surface area (Å²) in [6.07, 6.45) is 7.34. The third kappa shape index (κ3) is 4.06. The summed E-state index contributed by atoms with van der Waals surface area (Å²) in [6.45, 7) is 5.64. The number of pyridine rings is 1. The second kappa shape index (κ2) is 8.93. The Kier molecular flexibility index (Phi) is 5.59. The number of aromatic nitrogens is 4. The summed E-state index contributed by atoms with van der Waals surface area (Å²) in [5.74, 6) is 1.34. The molecule has 1 saturated heterocycles. The average molecular weight is 483 g/mol. The molecule has 8 nitrogen and oxygen atoms in total. The Balaban J connectivity index is 1.32. The zero-order chi connectivity index (χ0) is 24.8. The van der Waals surface area contributed by atoms with E-state index in [0.717, 1.165) is 53.0 Å². The quantitative estimate of drug-likeness (QED) is 0.423. The largest absolute Gasteiger partial charge is 0.348 e. The number of hydrogen-bond donors (Lipinski definition) is 1. The molecule has 2 aliphatic rings. The van der Waals surface area contributed by atoms with Gasteiger partial charge >= 0.3 is 0 Å². The van der Waals surface area contributed by atoms with Crippen LogP contribution in [0.5, 0.6) is 0 Å². The summed E-state index contributed by atoms with van der Waals surface area (Å²) in [5, 5.41) is 4.03. The highest BCUT2D eigenvalue weighted by Crippen LogP contribution is 2.36. The van der Waals surface area contributed by atoms with E-state index in [0.29, 0.717) is 24.6 Å². The zero-order valence-corrected chi connectivity index (χ0v) is 20.5. The molecule has 1 aromatic carbocycles. The van der Waals surface area contributed by atoms with Crippen molar-refractivity contribution in [1.29, 1.82) is 0 Å². The molecule has 36 heavy (non-hydrogen) atoms. The first-order chi connectivity index (χ1) is 17.5. The molecule has 0 spiro atoms. The van der Waals surface area contributed by atoms with E-state index in [1.807, 2.05) is 42.4 Å². The van der Waals surface area contributed by atoms with Gasteiger partial charge in [-0.2, -0.15) is 0 Å². The maximum absolute atomic E-state index is 13.4.